The molecular formula is C39H55N5O7. The van der Waals surface area contributed by atoms with Crippen LogP contribution in [0.4, 0.5) is 15.3 Å². The van der Waals surface area contributed by atoms with Crippen molar-refractivity contribution in [3.63, 3.8) is 0 Å². The first-order valence-corrected chi connectivity index (χ1v) is 18.4. The number of ether oxygens (including phenoxy) is 2. The van der Waals surface area contributed by atoms with Gasteiger partial charge in [0.2, 0.25) is 5.91 Å². The van der Waals surface area contributed by atoms with Gasteiger partial charge in [-0.1, -0.05) is 37.3 Å². The van der Waals surface area contributed by atoms with Gasteiger partial charge < -0.3 is 34.6 Å². The number of phenolic OH excluding ortho intramolecular Hbond substituents is 1. The molecule has 0 bridgehead atoms. The van der Waals surface area contributed by atoms with Gasteiger partial charge in [-0.2, -0.15) is 0 Å². The largest absolute Gasteiger partial charge is 0.507 e. The lowest BCUT2D eigenvalue weighted by molar-refractivity contribution is -0.147. The van der Waals surface area contributed by atoms with Gasteiger partial charge in [0.15, 0.2) is 0 Å². The second kappa shape index (κ2) is 17.3. The number of hydrogen-bond donors (Lipinski definition) is 2. The molecule has 3 fully saturated rings. The zero-order valence-electron chi connectivity index (χ0n) is 30.9. The van der Waals surface area contributed by atoms with Crippen molar-refractivity contribution < 1.29 is 33.8 Å². The predicted octanol–water partition coefficient (Wildman–Crippen LogP) is 5.12. The molecule has 278 valence electrons. The molecule has 3 saturated heterocycles. The maximum absolute atomic E-state index is 13.0. The Hall–Kier alpha value is -4.32. The number of esters is 1. The number of aromatic hydroxyl groups is 1. The molecule has 0 saturated carbocycles. The Kier molecular flexibility index (Phi) is 12.8. The number of hydrogen-bond acceptors (Lipinski definition) is 8. The smallest absolute Gasteiger partial charge is 0.409 e. The lowest BCUT2D eigenvalue weighted by Crippen LogP contribution is -2.51. The van der Waals surface area contributed by atoms with Crippen molar-refractivity contribution >= 4 is 29.7 Å². The van der Waals surface area contributed by atoms with E-state index in [1.165, 1.54) is 19.8 Å². The molecule has 51 heavy (non-hydrogen) atoms. The third-order valence-electron chi connectivity index (χ3n) is 11.0. The summed E-state index contributed by atoms with van der Waals surface area (Å²) in [6.07, 6.45) is 6.54. The number of carbonyl (C=O) groups excluding carboxylic acids is 4. The third-order valence-corrected chi connectivity index (χ3v) is 11.0. The van der Waals surface area contributed by atoms with Crippen LogP contribution in [0, 0.1) is 19.8 Å². The maximum Gasteiger partial charge on any atom is 0.409 e. The van der Waals surface area contributed by atoms with Crippen LogP contribution >= 0.6 is 0 Å². The van der Waals surface area contributed by atoms with Crippen LogP contribution in [0.3, 0.4) is 0 Å². The number of phenols is 1. The SMILES string of the molecule is COC(=O)N1CCC(N2CCc3ccccc3NC2=O)CC1.COC(=O)[C@H]1CCCN1C1CCN(C(=O)[C@H](C)Cc2cc(C)c(O)c(C)c2)CC1. The van der Waals surface area contributed by atoms with Crippen LogP contribution in [0.1, 0.15) is 67.7 Å². The van der Waals surface area contributed by atoms with Crippen molar-refractivity contribution in [1.82, 2.24) is 19.6 Å². The molecule has 4 aliphatic heterocycles. The number of rotatable bonds is 6. The van der Waals surface area contributed by atoms with E-state index >= 15 is 0 Å². The molecular weight excluding hydrogens is 650 g/mol. The van der Waals surface area contributed by atoms with Crippen molar-refractivity contribution in [2.75, 3.05) is 58.8 Å². The van der Waals surface area contributed by atoms with Gasteiger partial charge in [0.05, 0.1) is 14.2 Å². The van der Waals surface area contributed by atoms with Gasteiger partial charge in [-0.05, 0) is 100 Å². The van der Waals surface area contributed by atoms with E-state index in [4.69, 9.17) is 9.47 Å². The average molecular weight is 706 g/mol. The zero-order valence-corrected chi connectivity index (χ0v) is 30.9. The summed E-state index contributed by atoms with van der Waals surface area (Å²) in [7, 11) is 2.85. The van der Waals surface area contributed by atoms with Gasteiger partial charge in [0.1, 0.15) is 11.8 Å². The Morgan fingerprint density at radius 1 is 0.863 bits per heavy atom. The van der Waals surface area contributed by atoms with Gasteiger partial charge >= 0.3 is 18.1 Å². The van der Waals surface area contributed by atoms with Crippen molar-refractivity contribution in [2.45, 2.75) is 90.3 Å². The zero-order chi connectivity index (χ0) is 36.7. The van der Waals surface area contributed by atoms with E-state index in [0.717, 1.165) is 87.0 Å². The quantitative estimate of drug-likeness (QED) is 0.396. The third kappa shape index (κ3) is 9.13. The number of methoxy groups -OCH3 is 2. The normalized spacial score (nSPS) is 20.8. The van der Waals surface area contributed by atoms with Crippen LogP contribution in [0.25, 0.3) is 0 Å². The summed E-state index contributed by atoms with van der Waals surface area (Å²) in [6, 6.07) is 12.2. The number of aryl methyl sites for hydroxylation is 2. The highest BCUT2D eigenvalue weighted by Crippen LogP contribution is 2.29. The lowest BCUT2D eigenvalue weighted by Gasteiger charge is -2.39. The van der Waals surface area contributed by atoms with Crippen molar-refractivity contribution in [1.29, 1.82) is 0 Å². The van der Waals surface area contributed by atoms with E-state index in [1.807, 2.05) is 60.9 Å². The standard InChI is InChI=1S/C23H34N2O4.C16H21N3O3/c1-15-12-18(13-16(2)21(15)26)14-17(3)22(27)24-10-7-19(8-11-24)25-9-5-6-20(25)23(28)29-4;1-22-16(21)18-9-7-13(8-10-18)19-11-6-12-4-2-3-5-14(12)17-15(19)20/h12-13,17,19-20,26H,5-11,14H2,1-4H3;2-5,13H,6-11H2,1H3,(H,17,20)/t17-,20-;/m1./s1. The van der Waals surface area contributed by atoms with Gasteiger partial charge in [0.25, 0.3) is 0 Å². The highest BCUT2D eigenvalue weighted by atomic mass is 16.5. The molecule has 2 atom stereocenters. The molecule has 12 heteroatoms. The lowest BCUT2D eigenvalue weighted by atomic mass is 9.95. The number of piperidine rings is 2. The first-order valence-electron chi connectivity index (χ1n) is 18.4. The molecule has 4 aliphatic rings. The number of urea groups is 1. The number of benzene rings is 2. The Balaban J connectivity index is 0.000000205. The predicted molar refractivity (Wildman–Crippen MR) is 195 cm³/mol. The molecule has 2 aromatic carbocycles. The van der Waals surface area contributed by atoms with E-state index in [1.54, 1.807) is 4.90 Å². The van der Waals surface area contributed by atoms with E-state index in [-0.39, 0.29) is 42.0 Å². The van der Waals surface area contributed by atoms with E-state index in [0.29, 0.717) is 37.8 Å². The van der Waals surface area contributed by atoms with Crippen LogP contribution in [-0.4, -0.2) is 120 Å². The van der Waals surface area contributed by atoms with Crippen molar-refractivity contribution in [3.8, 4) is 5.75 Å². The second-order valence-corrected chi connectivity index (χ2v) is 14.4. The molecule has 0 spiro atoms. The number of amides is 4. The summed E-state index contributed by atoms with van der Waals surface area (Å²) in [5, 5.41) is 12.9. The van der Waals surface area contributed by atoms with Gasteiger partial charge in [-0.25, -0.2) is 9.59 Å². The van der Waals surface area contributed by atoms with Gasteiger partial charge in [0, 0.05) is 56.4 Å². The topological polar surface area (TPSA) is 132 Å². The Bertz CT molecular complexity index is 1530. The minimum atomic E-state index is -0.286. The van der Waals surface area contributed by atoms with Crippen LogP contribution in [0.15, 0.2) is 36.4 Å². The fraction of sp³-hybridized carbons (Fsp3) is 0.590. The van der Waals surface area contributed by atoms with Gasteiger partial charge in [-0.3, -0.25) is 14.5 Å². The van der Waals surface area contributed by atoms with Crippen LogP contribution in [0.2, 0.25) is 0 Å². The number of carbonyl (C=O) groups is 4. The van der Waals surface area contributed by atoms with Crippen molar-refractivity contribution in [3.05, 3.63) is 58.7 Å². The summed E-state index contributed by atoms with van der Waals surface area (Å²) in [6.45, 7) is 10.2. The molecule has 0 aliphatic carbocycles. The number of fused-ring (bicyclic) bond motifs is 1. The Labute approximate surface area is 302 Å². The fourth-order valence-corrected chi connectivity index (χ4v) is 8.18. The van der Waals surface area contributed by atoms with E-state index in [2.05, 4.69) is 16.3 Å². The average Bonchev–Trinajstić information content (AvgIpc) is 3.57. The van der Waals surface area contributed by atoms with Crippen LogP contribution < -0.4 is 5.32 Å². The molecule has 0 radical (unpaired) electrons. The fourth-order valence-electron chi connectivity index (χ4n) is 8.18. The maximum atomic E-state index is 13.0. The summed E-state index contributed by atoms with van der Waals surface area (Å²) in [5.41, 5.74) is 4.87. The first kappa shape index (κ1) is 37.9. The minimum Gasteiger partial charge on any atom is -0.507 e. The van der Waals surface area contributed by atoms with Crippen LogP contribution in [-0.2, 0) is 31.9 Å². The minimum absolute atomic E-state index is 0.0403. The summed E-state index contributed by atoms with van der Waals surface area (Å²) >= 11 is 0. The monoisotopic (exact) mass is 705 g/mol. The molecule has 12 nitrogen and oxygen atoms in total. The summed E-state index contributed by atoms with van der Waals surface area (Å²) in [4.78, 5) is 56.9. The highest BCUT2D eigenvalue weighted by Gasteiger charge is 2.38. The molecule has 6 rings (SSSR count). The molecule has 4 amide bonds. The Morgan fingerprint density at radius 2 is 1.49 bits per heavy atom. The molecule has 0 aromatic heterocycles. The second-order valence-electron chi connectivity index (χ2n) is 14.4. The van der Waals surface area contributed by atoms with Gasteiger partial charge in [-0.15, -0.1) is 0 Å². The number of para-hydroxylation sites is 1. The number of nitrogens with zero attached hydrogens (tertiary/aromatic N) is 4. The highest BCUT2D eigenvalue weighted by molar-refractivity contribution is 5.91. The van der Waals surface area contributed by atoms with Crippen LogP contribution in [0.5, 0.6) is 5.75 Å². The number of nitrogens with one attached hydrogen (secondary N) is 1. The van der Waals surface area contributed by atoms with Crippen molar-refractivity contribution in [2.24, 2.45) is 5.92 Å². The molecule has 2 aromatic rings. The number of likely N-dealkylation sites (tertiary alicyclic amines) is 3. The van der Waals surface area contributed by atoms with E-state index in [9.17, 15) is 24.3 Å². The molecule has 2 N–H and O–H groups in total. The molecule has 4 heterocycles. The summed E-state index contributed by atoms with van der Waals surface area (Å²) < 4.78 is 9.71. The van der Waals surface area contributed by atoms with E-state index < -0.39 is 0 Å². The first-order chi connectivity index (χ1) is 24.5. The Morgan fingerprint density at radius 3 is 2.14 bits per heavy atom. The molecule has 0 unspecified atom stereocenters. The number of anilines is 1. The summed E-state index contributed by atoms with van der Waals surface area (Å²) in [5.74, 6) is 0.304.